The fourth-order valence-electron chi connectivity index (χ4n) is 0.413. The van der Waals surface area contributed by atoms with Gasteiger partial charge in [-0.05, 0) is 20.8 Å². The molecule has 54 valence electrons. The highest BCUT2D eigenvalue weighted by atomic mass is 16.1. The Morgan fingerprint density at radius 3 is 2.30 bits per heavy atom. The SMILES string of the molecule is [CH+]=C/C=C/C(C)(C)C(C)=O. The molecule has 0 unspecified atom stereocenters. The van der Waals surface area contributed by atoms with Gasteiger partial charge in [0.05, 0.1) is 11.5 Å². The van der Waals surface area contributed by atoms with E-state index >= 15 is 0 Å². The van der Waals surface area contributed by atoms with Crippen molar-refractivity contribution >= 4 is 5.78 Å². The molecule has 0 radical (unpaired) electrons. The van der Waals surface area contributed by atoms with Crippen LogP contribution in [0.25, 0.3) is 0 Å². The van der Waals surface area contributed by atoms with Crippen LogP contribution in [0.1, 0.15) is 20.8 Å². The number of carbonyl (C=O) groups is 1. The molecule has 1 heteroatoms. The highest BCUT2D eigenvalue weighted by Crippen LogP contribution is 2.17. The molecule has 0 aliphatic carbocycles. The largest absolute Gasteiger partial charge is 0.299 e. The Labute approximate surface area is 62.4 Å². The van der Waals surface area contributed by atoms with Crippen molar-refractivity contribution in [1.82, 2.24) is 0 Å². The van der Waals surface area contributed by atoms with Crippen LogP contribution in [0.3, 0.4) is 0 Å². The molecule has 0 N–H and O–H groups in total. The number of rotatable bonds is 3. The van der Waals surface area contributed by atoms with Crippen LogP contribution in [-0.2, 0) is 4.79 Å². The van der Waals surface area contributed by atoms with E-state index in [0.717, 1.165) is 0 Å². The summed E-state index contributed by atoms with van der Waals surface area (Å²) in [6.07, 6.45) is 4.89. The predicted molar refractivity (Wildman–Crippen MR) is 42.5 cm³/mol. The van der Waals surface area contributed by atoms with Crippen molar-refractivity contribution in [3.63, 3.8) is 0 Å². The summed E-state index contributed by atoms with van der Waals surface area (Å²) in [4.78, 5) is 10.9. The summed E-state index contributed by atoms with van der Waals surface area (Å²) in [5.74, 6) is 0.144. The third kappa shape index (κ3) is 2.56. The molecule has 0 saturated heterocycles. The maximum absolute atomic E-state index is 10.9. The van der Waals surface area contributed by atoms with E-state index in [2.05, 4.69) is 0 Å². The zero-order valence-corrected chi connectivity index (χ0v) is 6.72. The van der Waals surface area contributed by atoms with E-state index in [4.69, 9.17) is 6.58 Å². The zero-order valence-electron chi connectivity index (χ0n) is 6.72. The Kier molecular flexibility index (Phi) is 2.98. The molecule has 0 rings (SSSR count). The first-order valence-corrected chi connectivity index (χ1v) is 3.24. The van der Waals surface area contributed by atoms with Gasteiger partial charge in [0.15, 0.2) is 6.08 Å². The summed E-state index contributed by atoms with van der Waals surface area (Å²) in [5.41, 5.74) is -0.379. The minimum Gasteiger partial charge on any atom is -0.299 e. The van der Waals surface area contributed by atoms with Gasteiger partial charge in [-0.1, -0.05) is 0 Å². The smallest absolute Gasteiger partial charge is 0.151 e. The first-order chi connectivity index (χ1) is 4.50. The Balaban J connectivity index is 4.25. The zero-order chi connectivity index (χ0) is 8.20. The van der Waals surface area contributed by atoms with Gasteiger partial charge < -0.3 is 0 Å². The highest BCUT2D eigenvalue weighted by Gasteiger charge is 2.20. The molecule has 0 bridgehead atoms. The summed E-state index contributed by atoms with van der Waals surface area (Å²) >= 11 is 0. The van der Waals surface area contributed by atoms with Crippen molar-refractivity contribution in [3.8, 4) is 0 Å². The maximum atomic E-state index is 10.9. The molecular formula is C9H13O+. The molecule has 0 aromatic carbocycles. The number of carbonyl (C=O) groups excluding carboxylic acids is 1. The average Bonchev–Trinajstić information content (AvgIpc) is 1.84. The summed E-state index contributed by atoms with van der Waals surface area (Å²) < 4.78 is 0. The number of hydrogen-bond donors (Lipinski definition) is 0. The van der Waals surface area contributed by atoms with Crippen LogP contribution in [-0.4, -0.2) is 5.78 Å². The molecule has 0 amide bonds. The normalized spacial score (nSPS) is 11.8. The van der Waals surface area contributed by atoms with Gasteiger partial charge in [-0.2, -0.15) is 0 Å². The van der Waals surface area contributed by atoms with Crippen molar-refractivity contribution in [2.75, 3.05) is 0 Å². The van der Waals surface area contributed by atoms with E-state index in [1.54, 1.807) is 19.1 Å². The second-order valence-electron chi connectivity index (χ2n) is 2.83. The minimum atomic E-state index is -0.379. The van der Waals surface area contributed by atoms with Crippen molar-refractivity contribution in [1.29, 1.82) is 0 Å². The molecule has 10 heavy (non-hydrogen) atoms. The second-order valence-corrected chi connectivity index (χ2v) is 2.83. The molecule has 0 aliphatic rings. The third-order valence-corrected chi connectivity index (χ3v) is 1.53. The van der Waals surface area contributed by atoms with Gasteiger partial charge in [-0.25, -0.2) is 0 Å². The van der Waals surface area contributed by atoms with Crippen LogP contribution in [0.4, 0.5) is 0 Å². The van der Waals surface area contributed by atoms with E-state index in [1.807, 2.05) is 13.8 Å². The lowest BCUT2D eigenvalue weighted by Gasteiger charge is -2.11. The molecule has 1 nitrogen and oxygen atoms in total. The van der Waals surface area contributed by atoms with Crippen LogP contribution in [0.15, 0.2) is 18.2 Å². The van der Waals surface area contributed by atoms with Crippen LogP contribution >= 0.6 is 0 Å². The van der Waals surface area contributed by atoms with Gasteiger partial charge in [0.25, 0.3) is 0 Å². The van der Waals surface area contributed by atoms with Gasteiger partial charge in [0, 0.05) is 12.7 Å². The van der Waals surface area contributed by atoms with Crippen molar-refractivity contribution in [3.05, 3.63) is 24.8 Å². The standard InChI is InChI=1S/C9H13O/c1-5-6-7-9(3,4)8(2)10/h1,5-7H,2-4H3/q+1/b7-6+. The van der Waals surface area contributed by atoms with E-state index in [-0.39, 0.29) is 11.2 Å². The Bertz CT molecular complexity index is 164. The lowest BCUT2D eigenvalue weighted by molar-refractivity contribution is -0.122. The number of Topliss-reactive ketones (excluding diaryl/α,β-unsaturated/α-hetero) is 1. The maximum Gasteiger partial charge on any atom is 0.151 e. The molecule has 0 aliphatic heterocycles. The number of ketones is 1. The van der Waals surface area contributed by atoms with Crippen LogP contribution in [0.2, 0.25) is 0 Å². The second kappa shape index (κ2) is 3.28. The van der Waals surface area contributed by atoms with Crippen molar-refractivity contribution in [2.45, 2.75) is 20.8 Å². The Morgan fingerprint density at radius 1 is 1.50 bits per heavy atom. The van der Waals surface area contributed by atoms with Crippen molar-refractivity contribution in [2.24, 2.45) is 5.41 Å². The lowest BCUT2D eigenvalue weighted by Crippen LogP contribution is -2.17. The predicted octanol–water partition coefficient (Wildman–Crippen LogP) is 2.15. The molecule has 0 atom stereocenters. The molecule has 0 saturated carbocycles. The monoisotopic (exact) mass is 137 g/mol. The summed E-state index contributed by atoms with van der Waals surface area (Å²) in [6, 6.07) is 0. The Hall–Kier alpha value is -0.940. The fourth-order valence-corrected chi connectivity index (χ4v) is 0.413. The summed E-state index contributed by atoms with van der Waals surface area (Å²) in [6.45, 7) is 10.4. The molecule has 0 aromatic heterocycles. The fraction of sp³-hybridized carbons (Fsp3) is 0.444. The molecular weight excluding hydrogens is 124 g/mol. The van der Waals surface area contributed by atoms with E-state index in [9.17, 15) is 4.79 Å². The van der Waals surface area contributed by atoms with Gasteiger partial charge in [0.1, 0.15) is 5.78 Å². The third-order valence-electron chi connectivity index (χ3n) is 1.53. The van der Waals surface area contributed by atoms with Gasteiger partial charge in [0.2, 0.25) is 0 Å². The number of allylic oxidation sites excluding steroid dienone is 3. The van der Waals surface area contributed by atoms with Crippen LogP contribution in [0, 0.1) is 12.0 Å². The Morgan fingerprint density at radius 2 is 2.00 bits per heavy atom. The topological polar surface area (TPSA) is 17.1 Å². The van der Waals surface area contributed by atoms with E-state index < -0.39 is 0 Å². The van der Waals surface area contributed by atoms with E-state index in [1.165, 1.54) is 6.08 Å². The summed E-state index contributed by atoms with van der Waals surface area (Å²) in [5, 5.41) is 0. The average molecular weight is 137 g/mol. The molecule has 0 aromatic rings. The molecule has 0 heterocycles. The van der Waals surface area contributed by atoms with Crippen LogP contribution in [0.5, 0.6) is 0 Å². The quantitative estimate of drug-likeness (QED) is 0.430. The van der Waals surface area contributed by atoms with Crippen molar-refractivity contribution < 1.29 is 4.79 Å². The van der Waals surface area contributed by atoms with Gasteiger partial charge in [-0.15, -0.1) is 0 Å². The van der Waals surface area contributed by atoms with Gasteiger partial charge in [-0.3, -0.25) is 4.79 Å². The first-order valence-electron chi connectivity index (χ1n) is 3.24. The lowest BCUT2D eigenvalue weighted by atomic mass is 9.89. The molecule has 0 spiro atoms. The summed E-state index contributed by atoms with van der Waals surface area (Å²) in [7, 11) is 0. The van der Waals surface area contributed by atoms with E-state index in [0.29, 0.717) is 0 Å². The van der Waals surface area contributed by atoms with Gasteiger partial charge >= 0.3 is 0 Å². The van der Waals surface area contributed by atoms with Crippen LogP contribution < -0.4 is 0 Å². The molecule has 0 fully saturated rings. The first kappa shape index (κ1) is 9.06. The minimum absolute atomic E-state index is 0.144. The highest BCUT2D eigenvalue weighted by molar-refractivity contribution is 5.83. The number of hydrogen-bond acceptors (Lipinski definition) is 1.